The normalized spacial score (nSPS) is 19.4. The summed E-state index contributed by atoms with van der Waals surface area (Å²) in [5.41, 5.74) is 2.61. The maximum atomic E-state index is 15.0. The number of amides is 1. The number of ether oxygens (including phenoxy) is 8. The van der Waals surface area contributed by atoms with E-state index in [0.717, 1.165) is 87.4 Å². The molecule has 314 valence electrons. The van der Waals surface area contributed by atoms with Crippen LogP contribution in [0.3, 0.4) is 0 Å². The number of carbonyl (C=O) groups excluding carboxylic acids is 2. The van der Waals surface area contributed by atoms with Gasteiger partial charge in [-0.25, -0.2) is 4.79 Å². The predicted octanol–water partition coefficient (Wildman–Crippen LogP) is 5.76. The summed E-state index contributed by atoms with van der Waals surface area (Å²) in [6.07, 6.45) is 9.72. The van der Waals surface area contributed by atoms with E-state index < -0.39 is 24.0 Å². The SMILES string of the molecule is COc1ccc(CC[C@@H](OC(=O)[C@@H]2CCCCN2C(=O)[C@H](c2cc(OC)c(OC)c(OC)c2)[C@@H]2C=CCCC2)c2cccc(OCC[NH+]3CCOCC3)c2)cc1OC. The minimum Gasteiger partial charge on any atom is -0.493 e. The maximum absolute atomic E-state index is 15.0. The molecule has 1 amide bonds. The van der Waals surface area contributed by atoms with Gasteiger partial charge in [0.2, 0.25) is 11.7 Å². The molecule has 1 N–H and O–H groups in total. The lowest BCUT2D eigenvalue weighted by Gasteiger charge is -2.39. The number of likely N-dealkylation sites (tertiary alicyclic amines) is 1. The summed E-state index contributed by atoms with van der Waals surface area (Å²) in [5.74, 6) is 2.29. The molecule has 1 aliphatic carbocycles. The number of esters is 1. The van der Waals surface area contributed by atoms with Gasteiger partial charge in [-0.2, -0.15) is 0 Å². The summed E-state index contributed by atoms with van der Waals surface area (Å²) in [6, 6.07) is 16.7. The molecule has 2 fully saturated rings. The molecule has 0 unspecified atom stereocenters. The highest BCUT2D eigenvalue weighted by Crippen LogP contribution is 2.44. The van der Waals surface area contributed by atoms with Crippen LogP contribution in [0.2, 0.25) is 0 Å². The number of hydrogen-bond donors (Lipinski definition) is 1. The summed E-state index contributed by atoms with van der Waals surface area (Å²) in [7, 11) is 7.94. The Balaban J connectivity index is 1.26. The van der Waals surface area contributed by atoms with E-state index in [2.05, 4.69) is 12.2 Å². The second kappa shape index (κ2) is 21.2. The Labute approximate surface area is 343 Å². The van der Waals surface area contributed by atoms with E-state index in [0.29, 0.717) is 61.2 Å². The average molecular weight is 802 g/mol. The third kappa shape index (κ3) is 10.6. The van der Waals surface area contributed by atoms with Crippen molar-refractivity contribution in [2.24, 2.45) is 5.92 Å². The van der Waals surface area contributed by atoms with Crippen LogP contribution in [0, 0.1) is 5.92 Å². The molecule has 12 nitrogen and oxygen atoms in total. The molecular formula is C46H61N2O10+. The number of carbonyl (C=O) groups is 2. The molecule has 3 aliphatic rings. The summed E-state index contributed by atoms with van der Waals surface area (Å²) < 4.78 is 46.4. The molecule has 2 heterocycles. The highest BCUT2D eigenvalue weighted by Gasteiger charge is 2.41. The molecule has 3 aromatic rings. The second-order valence-electron chi connectivity index (χ2n) is 15.2. The van der Waals surface area contributed by atoms with Crippen LogP contribution in [0.1, 0.15) is 73.7 Å². The molecule has 0 bridgehead atoms. The zero-order chi connectivity index (χ0) is 40.9. The molecule has 0 radical (unpaired) electrons. The fourth-order valence-corrected chi connectivity index (χ4v) is 8.46. The first-order chi connectivity index (χ1) is 28.4. The molecule has 2 saturated heterocycles. The molecule has 0 aromatic heterocycles. The molecule has 12 heteroatoms. The summed E-state index contributed by atoms with van der Waals surface area (Å²) in [5, 5.41) is 0. The predicted molar refractivity (Wildman–Crippen MR) is 220 cm³/mol. The number of quaternary nitrogens is 1. The van der Waals surface area contributed by atoms with E-state index in [9.17, 15) is 4.79 Å². The fourth-order valence-electron chi connectivity index (χ4n) is 8.46. The zero-order valence-electron chi connectivity index (χ0n) is 34.8. The monoisotopic (exact) mass is 801 g/mol. The number of methoxy groups -OCH3 is 5. The molecule has 2 aliphatic heterocycles. The quantitative estimate of drug-likeness (QED) is 0.126. The first-order valence-electron chi connectivity index (χ1n) is 20.7. The van der Waals surface area contributed by atoms with Gasteiger partial charge in [0.25, 0.3) is 0 Å². The second-order valence-corrected chi connectivity index (χ2v) is 15.2. The number of nitrogens with zero attached hydrogens (tertiary/aromatic N) is 1. The van der Waals surface area contributed by atoms with Crippen LogP contribution in [-0.4, -0.2) is 104 Å². The lowest BCUT2D eigenvalue weighted by Crippen LogP contribution is -3.14. The first-order valence-corrected chi connectivity index (χ1v) is 20.7. The van der Waals surface area contributed by atoms with Crippen LogP contribution in [0.25, 0.3) is 0 Å². The van der Waals surface area contributed by atoms with Gasteiger partial charge >= 0.3 is 5.97 Å². The fraction of sp³-hybridized carbons (Fsp3) is 0.522. The Hall–Kier alpha value is -4.94. The van der Waals surface area contributed by atoms with Crippen molar-refractivity contribution in [3.63, 3.8) is 0 Å². The molecule has 3 aromatic carbocycles. The number of allylic oxidation sites excluding steroid dienone is 2. The van der Waals surface area contributed by atoms with Crippen molar-refractivity contribution in [1.82, 2.24) is 4.90 Å². The van der Waals surface area contributed by atoms with Gasteiger partial charge in [0.1, 0.15) is 44.1 Å². The van der Waals surface area contributed by atoms with Crippen LogP contribution in [-0.2, 0) is 25.5 Å². The number of morpholine rings is 1. The van der Waals surface area contributed by atoms with Crippen molar-refractivity contribution >= 4 is 11.9 Å². The van der Waals surface area contributed by atoms with Gasteiger partial charge in [-0.15, -0.1) is 0 Å². The van der Waals surface area contributed by atoms with Crippen LogP contribution >= 0.6 is 0 Å². The molecule has 58 heavy (non-hydrogen) atoms. The smallest absolute Gasteiger partial charge is 0.329 e. The lowest BCUT2D eigenvalue weighted by molar-refractivity contribution is -0.908. The van der Waals surface area contributed by atoms with Crippen molar-refractivity contribution in [3.05, 3.63) is 83.4 Å². The van der Waals surface area contributed by atoms with E-state index in [1.807, 2.05) is 54.6 Å². The number of hydrogen-bond acceptors (Lipinski definition) is 10. The van der Waals surface area contributed by atoms with E-state index in [4.69, 9.17) is 37.9 Å². The first kappa shape index (κ1) is 42.7. The van der Waals surface area contributed by atoms with Crippen molar-refractivity contribution in [2.45, 2.75) is 69.4 Å². The van der Waals surface area contributed by atoms with Gasteiger partial charge in [-0.05, 0) is 110 Å². The van der Waals surface area contributed by atoms with Crippen LogP contribution < -0.4 is 33.3 Å². The molecule has 0 saturated carbocycles. The van der Waals surface area contributed by atoms with Crippen molar-refractivity contribution < 1.29 is 52.4 Å². The van der Waals surface area contributed by atoms with Crippen LogP contribution in [0.15, 0.2) is 66.7 Å². The van der Waals surface area contributed by atoms with Gasteiger partial charge in [-0.3, -0.25) is 4.79 Å². The largest absolute Gasteiger partial charge is 0.493 e. The van der Waals surface area contributed by atoms with E-state index in [-0.39, 0.29) is 11.8 Å². The third-order valence-electron chi connectivity index (χ3n) is 11.6. The molecule has 4 atom stereocenters. The van der Waals surface area contributed by atoms with Crippen LogP contribution in [0.5, 0.6) is 34.5 Å². The number of nitrogens with one attached hydrogen (secondary N) is 1. The number of piperidine rings is 1. The average Bonchev–Trinajstić information content (AvgIpc) is 3.28. The topological polar surface area (TPSA) is 116 Å². The zero-order valence-corrected chi connectivity index (χ0v) is 34.8. The van der Waals surface area contributed by atoms with Crippen LogP contribution in [0.4, 0.5) is 0 Å². The Kier molecular flexibility index (Phi) is 15.6. The summed E-state index contributed by atoms with van der Waals surface area (Å²) in [4.78, 5) is 32.8. The molecule has 6 rings (SSSR count). The third-order valence-corrected chi connectivity index (χ3v) is 11.6. The van der Waals surface area contributed by atoms with Gasteiger partial charge < -0.3 is 47.7 Å². The Morgan fingerprint density at radius 2 is 1.57 bits per heavy atom. The van der Waals surface area contributed by atoms with Crippen molar-refractivity contribution in [1.29, 1.82) is 0 Å². The number of aryl methyl sites for hydroxylation is 1. The van der Waals surface area contributed by atoms with Gasteiger partial charge in [-0.1, -0.05) is 30.4 Å². The van der Waals surface area contributed by atoms with Gasteiger partial charge in [0.15, 0.2) is 23.0 Å². The summed E-state index contributed by atoms with van der Waals surface area (Å²) in [6.45, 7) is 5.39. The van der Waals surface area contributed by atoms with Gasteiger partial charge in [0, 0.05) is 6.54 Å². The van der Waals surface area contributed by atoms with E-state index >= 15 is 4.79 Å². The van der Waals surface area contributed by atoms with Gasteiger partial charge in [0.05, 0.1) is 54.7 Å². The maximum Gasteiger partial charge on any atom is 0.329 e. The highest BCUT2D eigenvalue weighted by atomic mass is 16.5. The van der Waals surface area contributed by atoms with E-state index in [1.54, 1.807) is 40.4 Å². The Morgan fingerprint density at radius 3 is 2.26 bits per heavy atom. The number of rotatable bonds is 18. The number of benzene rings is 3. The Bertz CT molecular complexity index is 1820. The highest BCUT2D eigenvalue weighted by molar-refractivity contribution is 5.90. The minimum atomic E-state index is -0.738. The standard InChI is InChI=1S/C46H60N2O10/c1-51-39-20-18-32(28-40(39)52-2)17-19-38(34-14-11-15-36(29-34)57-27-24-47-22-25-56-26-23-47)58-46(50)37-16-9-10-21-48(37)45(49)43(33-12-7-6-8-13-33)35-30-41(53-3)44(55-5)42(31-35)54-4/h7,11-12,14-15,18,20,28-31,33,37-38,43H,6,8-10,13,16-17,19,21-27H2,1-5H3/p+1/t33-,37+,38-,43+/m1/s1. The Morgan fingerprint density at radius 1 is 0.810 bits per heavy atom. The lowest BCUT2D eigenvalue weighted by atomic mass is 9.78. The molecular weight excluding hydrogens is 741 g/mol. The van der Waals surface area contributed by atoms with Crippen molar-refractivity contribution in [3.8, 4) is 34.5 Å². The van der Waals surface area contributed by atoms with Crippen molar-refractivity contribution in [2.75, 3.05) is 81.5 Å². The van der Waals surface area contributed by atoms with E-state index in [1.165, 1.54) is 4.90 Å². The molecule has 0 spiro atoms. The minimum absolute atomic E-state index is 0.0653. The summed E-state index contributed by atoms with van der Waals surface area (Å²) >= 11 is 0.